The number of hydrogen-bond acceptors (Lipinski definition) is 2. The third kappa shape index (κ3) is 7.40. The Labute approximate surface area is 157 Å². The first-order valence-electron chi connectivity index (χ1n) is 9.11. The molecule has 0 aromatic heterocycles. The molecule has 0 aliphatic heterocycles. The van der Waals surface area contributed by atoms with Gasteiger partial charge in [0.25, 0.3) is 10.1 Å². The molecule has 1 aromatic carbocycles. The van der Waals surface area contributed by atoms with Crippen molar-refractivity contribution in [2.45, 2.75) is 83.9 Å². The van der Waals surface area contributed by atoms with Crippen LogP contribution < -0.4 is 21.2 Å². The van der Waals surface area contributed by atoms with Crippen molar-refractivity contribution in [3.63, 3.8) is 0 Å². The van der Waals surface area contributed by atoms with Crippen molar-refractivity contribution in [1.29, 1.82) is 0 Å². The number of alkyl halides is 2. The Morgan fingerprint density at radius 2 is 1.25 bits per heavy atom. The van der Waals surface area contributed by atoms with Crippen molar-refractivity contribution in [3.8, 4) is 0 Å². The molecule has 0 bridgehead atoms. The molecule has 5 heteroatoms. The summed E-state index contributed by atoms with van der Waals surface area (Å²) in [5, 5.41) is 0. The van der Waals surface area contributed by atoms with E-state index < -0.39 is 10.1 Å². The maximum absolute atomic E-state index is 10.5. The van der Waals surface area contributed by atoms with Crippen molar-refractivity contribution in [1.82, 2.24) is 0 Å². The Bertz CT molecular complexity index is 555. The molecule has 2 saturated carbocycles. The predicted octanol–water partition coefficient (Wildman–Crippen LogP) is 1.98. The molecule has 2 aliphatic rings. The van der Waals surface area contributed by atoms with Crippen molar-refractivity contribution in [3.05, 3.63) is 29.8 Å². The predicted molar refractivity (Wildman–Crippen MR) is 94.7 cm³/mol. The zero-order valence-corrected chi connectivity index (χ0v) is 17.6. The summed E-state index contributed by atoms with van der Waals surface area (Å²) in [6, 6.07) is 5.99. The van der Waals surface area contributed by atoms with Crippen LogP contribution in [0.1, 0.15) is 69.8 Å². The molecule has 138 valence electrons. The summed E-state index contributed by atoms with van der Waals surface area (Å²) in [7, 11) is -4.02. The fourth-order valence-corrected chi connectivity index (χ4v) is 8.44. The van der Waals surface area contributed by atoms with Gasteiger partial charge in [0, 0.05) is 0 Å². The minimum Gasteiger partial charge on any atom is -0.282 e. The van der Waals surface area contributed by atoms with E-state index in [2.05, 4.69) is 0 Å². The van der Waals surface area contributed by atoms with Crippen LogP contribution >= 0.6 is 0 Å². The van der Waals surface area contributed by atoms with E-state index in [1.807, 2.05) is 6.92 Å². The minimum atomic E-state index is -4.02. The normalized spacial score (nSPS) is 20.4. The molecule has 1 aromatic rings. The Kier molecular flexibility index (Phi) is 8.50. The van der Waals surface area contributed by atoms with Crippen LogP contribution in [0.5, 0.6) is 0 Å². The first-order chi connectivity index (χ1) is 11.4. The van der Waals surface area contributed by atoms with Crippen molar-refractivity contribution < 1.29 is 34.2 Å². The molecule has 0 unspecified atom stereocenters. The van der Waals surface area contributed by atoms with E-state index in [0.717, 1.165) is 5.56 Å². The maximum Gasteiger partial charge on any atom is 0.294 e. The summed E-state index contributed by atoms with van der Waals surface area (Å²) >= 11 is 0.583. The van der Waals surface area contributed by atoms with E-state index in [4.69, 9.17) is 4.55 Å². The second kappa shape index (κ2) is 10.1. The molecule has 2 aliphatic carbocycles. The first-order valence-corrected chi connectivity index (χ1v) is 13.0. The van der Waals surface area contributed by atoms with Gasteiger partial charge < -0.3 is 0 Å². The molecule has 0 amide bonds. The number of hydrogen-bond donors (Lipinski definition) is 1. The molecule has 0 saturated heterocycles. The van der Waals surface area contributed by atoms with Gasteiger partial charge in [-0.1, -0.05) is 17.7 Å². The van der Waals surface area contributed by atoms with E-state index in [1.165, 1.54) is 32.8 Å². The fraction of sp³-hybridized carbons (Fsp3) is 0.684. The molecule has 0 radical (unpaired) electrons. The van der Waals surface area contributed by atoms with E-state index in [1.54, 1.807) is 63.5 Å². The van der Waals surface area contributed by atoms with Gasteiger partial charge in [0.2, 0.25) is 0 Å². The fourth-order valence-electron chi connectivity index (χ4n) is 3.32. The zero-order valence-electron chi connectivity index (χ0n) is 14.6. The molecule has 0 heterocycles. The summed E-state index contributed by atoms with van der Waals surface area (Å²) < 4.78 is 32.0. The molecule has 0 atom stereocenters. The van der Waals surface area contributed by atoms with Gasteiger partial charge in [-0.25, -0.2) is 0 Å². The van der Waals surface area contributed by atoms with Crippen LogP contribution in [-0.4, -0.2) is 20.8 Å². The summed E-state index contributed by atoms with van der Waals surface area (Å²) in [6.45, 7) is 1.84. The van der Waals surface area contributed by atoms with Gasteiger partial charge in [0.1, 0.15) is 0 Å². The quantitative estimate of drug-likeness (QED) is 0.422. The Balaban J connectivity index is 0.000000177. The van der Waals surface area contributed by atoms with Crippen LogP contribution in [0, 0.1) is 6.92 Å². The Hall–Kier alpha value is -0.140. The van der Waals surface area contributed by atoms with Gasteiger partial charge in [-0.2, -0.15) is 8.42 Å². The monoisotopic (exact) mass is 465 g/mol. The number of aryl methyl sites for hydroxylation is 1. The molecule has 3 rings (SSSR count). The largest absolute Gasteiger partial charge is 0.294 e. The van der Waals surface area contributed by atoms with Crippen LogP contribution in [0.25, 0.3) is 0 Å². The van der Waals surface area contributed by atoms with Gasteiger partial charge in [-0.05, 0) is 19.1 Å². The Morgan fingerprint density at radius 1 is 0.833 bits per heavy atom. The summed E-state index contributed by atoms with van der Waals surface area (Å²) in [4.78, 5) is -0.0666. The van der Waals surface area contributed by atoms with Crippen molar-refractivity contribution in [2.24, 2.45) is 0 Å². The van der Waals surface area contributed by atoms with Gasteiger partial charge in [0.15, 0.2) is 0 Å². The SMILES string of the molecule is C1CCC([I-]C2CCCCC2)CC1.Cc1ccc(S(=O)(=O)O)cc1. The van der Waals surface area contributed by atoms with Crippen LogP contribution in [0.3, 0.4) is 0 Å². The Morgan fingerprint density at radius 3 is 1.62 bits per heavy atom. The molecule has 3 nitrogen and oxygen atoms in total. The number of benzene rings is 1. The smallest absolute Gasteiger partial charge is 0.282 e. The van der Waals surface area contributed by atoms with Gasteiger partial charge in [-0.15, -0.1) is 0 Å². The molecule has 0 spiro atoms. The summed E-state index contributed by atoms with van der Waals surface area (Å²) in [5.74, 6) is 0. The van der Waals surface area contributed by atoms with Crippen LogP contribution in [0.15, 0.2) is 29.2 Å². The third-order valence-corrected chi connectivity index (χ3v) is 10.1. The third-order valence-electron chi connectivity index (χ3n) is 4.74. The molecular formula is C19H30IO3S-. The minimum absolute atomic E-state index is 0.0666. The summed E-state index contributed by atoms with van der Waals surface area (Å²) in [5.41, 5.74) is 0.956. The van der Waals surface area contributed by atoms with E-state index in [-0.39, 0.29) is 4.90 Å². The van der Waals surface area contributed by atoms with E-state index >= 15 is 0 Å². The maximum atomic E-state index is 10.5. The van der Waals surface area contributed by atoms with Crippen molar-refractivity contribution >= 4 is 10.1 Å². The van der Waals surface area contributed by atoms with E-state index in [9.17, 15) is 8.42 Å². The number of halogens is 1. The van der Waals surface area contributed by atoms with Gasteiger partial charge >= 0.3 is 93.3 Å². The zero-order chi connectivity index (χ0) is 17.4. The van der Waals surface area contributed by atoms with Crippen LogP contribution in [0.2, 0.25) is 0 Å². The molecular weight excluding hydrogens is 435 g/mol. The van der Waals surface area contributed by atoms with Gasteiger partial charge in [-0.3, -0.25) is 4.55 Å². The second-order valence-corrected chi connectivity index (χ2v) is 12.5. The average Bonchev–Trinajstić information content (AvgIpc) is 2.57. The van der Waals surface area contributed by atoms with Crippen LogP contribution in [-0.2, 0) is 10.1 Å². The van der Waals surface area contributed by atoms with E-state index in [0.29, 0.717) is 21.2 Å². The van der Waals surface area contributed by atoms with Crippen molar-refractivity contribution in [2.75, 3.05) is 0 Å². The molecule has 1 N–H and O–H groups in total. The number of rotatable bonds is 3. The first kappa shape index (κ1) is 20.2. The van der Waals surface area contributed by atoms with Gasteiger partial charge in [0.05, 0.1) is 4.90 Å². The standard InChI is InChI=1S/C12H22I.C7H8O3S/c1-3-7-11(8-4-1)13-12-9-5-2-6-10-12;1-6-2-4-7(5-3-6)11(8,9)10/h11-12H,1-10H2;2-5H,1H3,(H,8,9,10)/q-1;. The average molecular weight is 465 g/mol. The van der Waals surface area contributed by atoms with Crippen LogP contribution in [0.4, 0.5) is 0 Å². The molecule has 24 heavy (non-hydrogen) atoms. The second-order valence-electron chi connectivity index (χ2n) is 6.88. The molecule has 2 fully saturated rings. The topological polar surface area (TPSA) is 54.4 Å². The summed E-state index contributed by atoms with van der Waals surface area (Å²) in [6.07, 6.45) is 15.7.